The Balaban J connectivity index is 2.96. The van der Waals surface area contributed by atoms with Crippen LogP contribution in [0.4, 0.5) is 0 Å². The first-order valence-corrected chi connectivity index (χ1v) is 3.73. The highest BCUT2D eigenvalue weighted by Crippen LogP contribution is 2.19. The summed E-state index contributed by atoms with van der Waals surface area (Å²) in [6.45, 7) is 4.01. The maximum Gasteiger partial charge on any atom is 0.321 e. The highest BCUT2D eigenvalue weighted by atomic mass is 28.2. The Morgan fingerprint density at radius 1 is 1.27 bits per heavy atom. The second kappa shape index (κ2) is 3.55. The van der Waals surface area contributed by atoms with Gasteiger partial charge in [0.15, 0.2) is 5.75 Å². The van der Waals surface area contributed by atoms with E-state index < -0.39 is 0 Å². The van der Waals surface area contributed by atoms with Crippen LogP contribution in [0, 0.1) is 13.8 Å². The van der Waals surface area contributed by atoms with Crippen LogP contribution in [0.15, 0.2) is 18.2 Å². The second-order valence-corrected chi connectivity index (χ2v) is 2.53. The van der Waals surface area contributed by atoms with E-state index in [1.165, 1.54) is 5.56 Å². The summed E-state index contributed by atoms with van der Waals surface area (Å²) in [7, 11) is 2.77. The first kappa shape index (κ1) is 8.29. The van der Waals surface area contributed by atoms with Crippen LogP contribution in [0.1, 0.15) is 11.1 Å². The fourth-order valence-corrected chi connectivity index (χ4v) is 0.949. The number of rotatable bonds is 2. The highest BCUT2D eigenvalue weighted by Gasteiger charge is 2.00. The van der Waals surface area contributed by atoms with Gasteiger partial charge in [-0.15, -0.1) is 0 Å². The molecule has 3 radical (unpaired) electrons. The summed E-state index contributed by atoms with van der Waals surface area (Å²) in [6.07, 6.45) is 0. The molecule has 1 aromatic carbocycles. The van der Waals surface area contributed by atoms with Gasteiger partial charge in [0, 0.05) is 0 Å². The van der Waals surface area contributed by atoms with Crippen molar-refractivity contribution < 1.29 is 9.46 Å². The molecule has 0 aliphatic rings. The van der Waals surface area contributed by atoms with E-state index in [0.717, 1.165) is 11.3 Å². The maximum absolute atomic E-state index is 4.83. The Bertz CT molecular complexity index is 248. The molecular formula is C8H9O2Si. The van der Waals surface area contributed by atoms with Crippen LogP contribution < -0.4 is 4.89 Å². The lowest BCUT2D eigenvalue weighted by molar-refractivity contribution is -0.0938. The normalized spacial score (nSPS) is 9.73. The monoisotopic (exact) mass is 165 g/mol. The van der Waals surface area contributed by atoms with Crippen molar-refractivity contribution in [2.75, 3.05) is 0 Å². The molecule has 2 nitrogen and oxygen atoms in total. The van der Waals surface area contributed by atoms with Gasteiger partial charge in [-0.25, -0.2) is 4.58 Å². The van der Waals surface area contributed by atoms with E-state index in [1.807, 2.05) is 32.0 Å². The maximum atomic E-state index is 4.83. The van der Waals surface area contributed by atoms with E-state index in [2.05, 4.69) is 15.1 Å². The third-order valence-corrected chi connectivity index (χ3v) is 1.77. The minimum Gasteiger partial charge on any atom is -0.350 e. The van der Waals surface area contributed by atoms with Crippen molar-refractivity contribution in [3.63, 3.8) is 0 Å². The van der Waals surface area contributed by atoms with Crippen molar-refractivity contribution in [1.29, 1.82) is 0 Å². The molecule has 0 atom stereocenters. The van der Waals surface area contributed by atoms with E-state index in [-0.39, 0.29) is 0 Å². The van der Waals surface area contributed by atoms with Crippen LogP contribution in [0.2, 0.25) is 0 Å². The zero-order valence-corrected chi connectivity index (χ0v) is 7.55. The van der Waals surface area contributed by atoms with Gasteiger partial charge in [0.05, 0.1) is 0 Å². The van der Waals surface area contributed by atoms with E-state index in [1.54, 1.807) is 0 Å². The number of benzene rings is 1. The van der Waals surface area contributed by atoms with Crippen molar-refractivity contribution in [3.8, 4) is 5.75 Å². The van der Waals surface area contributed by atoms with Gasteiger partial charge >= 0.3 is 10.5 Å². The lowest BCUT2D eigenvalue weighted by Crippen LogP contribution is -1.95. The summed E-state index contributed by atoms with van der Waals surface area (Å²) in [6, 6.07) is 5.79. The molecule has 11 heavy (non-hydrogen) atoms. The van der Waals surface area contributed by atoms with Crippen molar-refractivity contribution >= 4 is 10.5 Å². The summed E-state index contributed by atoms with van der Waals surface area (Å²) in [5, 5.41) is 0. The predicted octanol–water partition coefficient (Wildman–Crippen LogP) is 1.70. The first-order chi connectivity index (χ1) is 5.25. The Hall–Kier alpha value is -0.803. The SMILES string of the molecule is Cc1cccc(OO[Si])c1C. The van der Waals surface area contributed by atoms with Crippen LogP contribution in [0.5, 0.6) is 5.75 Å². The third kappa shape index (κ3) is 1.82. The van der Waals surface area contributed by atoms with Crippen molar-refractivity contribution in [1.82, 2.24) is 0 Å². The van der Waals surface area contributed by atoms with Gasteiger partial charge < -0.3 is 4.89 Å². The Morgan fingerprint density at radius 3 is 2.64 bits per heavy atom. The topological polar surface area (TPSA) is 18.5 Å². The smallest absolute Gasteiger partial charge is 0.321 e. The number of hydrogen-bond donors (Lipinski definition) is 0. The zero-order valence-electron chi connectivity index (χ0n) is 6.55. The summed E-state index contributed by atoms with van der Waals surface area (Å²) >= 11 is 0. The van der Waals surface area contributed by atoms with Crippen LogP contribution in [0.3, 0.4) is 0 Å². The zero-order chi connectivity index (χ0) is 8.27. The number of hydrogen-bond acceptors (Lipinski definition) is 2. The summed E-state index contributed by atoms with van der Waals surface area (Å²) in [5.41, 5.74) is 2.27. The molecule has 3 heteroatoms. The molecule has 0 amide bonds. The summed E-state index contributed by atoms with van der Waals surface area (Å²) in [4.78, 5) is 4.83. The van der Waals surface area contributed by atoms with E-state index in [4.69, 9.17) is 4.89 Å². The average Bonchev–Trinajstić information content (AvgIpc) is 1.99. The Morgan fingerprint density at radius 2 is 2.00 bits per heavy atom. The van der Waals surface area contributed by atoms with E-state index >= 15 is 0 Å². The molecule has 0 aliphatic carbocycles. The van der Waals surface area contributed by atoms with Gasteiger partial charge in [0.25, 0.3) is 0 Å². The minimum atomic E-state index is 0.736. The lowest BCUT2D eigenvalue weighted by atomic mass is 10.1. The molecule has 0 spiro atoms. The molecule has 1 aromatic rings. The molecule has 0 bridgehead atoms. The van der Waals surface area contributed by atoms with Gasteiger partial charge in [-0.05, 0) is 31.0 Å². The minimum absolute atomic E-state index is 0.736. The second-order valence-electron chi connectivity index (χ2n) is 2.36. The molecule has 0 saturated heterocycles. The van der Waals surface area contributed by atoms with Crippen LogP contribution in [0.25, 0.3) is 0 Å². The molecular weight excluding hydrogens is 156 g/mol. The lowest BCUT2D eigenvalue weighted by Gasteiger charge is -2.06. The quantitative estimate of drug-likeness (QED) is 0.377. The van der Waals surface area contributed by atoms with Crippen LogP contribution in [-0.4, -0.2) is 10.5 Å². The highest BCUT2D eigenvalue weighted by molar-refractivity contribution is 5.97. The van der Waals surface area contributed by atoms with Gasteiger partial charge in [-0.2, -0.15) is 0 Å². The Labute approximate surface area is 69.6 Å². The predicted molar refractivity (Wildman–Crippen MR) is 43.4 cm³/mol. The average molecular weight is 165 g/mol. The van der Waals surface area contributed by atoms with E-state index in [9.17, 15) is 0 Å². The number of aryl methyl sites for hydroxylation is 1. The van der Waals surface area contributed by atoms with Crippen molar-refractivity contribution in [3.05, 3.63) is 29.3 Å². The fourth-order valence-electron chi connectivity index (χ4n) is 0.859. The van der Waals surface area contributed by atoms with Gasteiger partial charge in [-0.3, -0.25) is 0 Å². The van der Waals surface area contributed by atoms with Crippen LogP contribution in [-0.2, 0) is 4.58 Å². The van der Waals surface area contributed by atoms with Crippen molar-refractivity contribution in [2.45, 2.75) is 13.8 Å². The fraction of sp³-hybridized carbons (Fsp3) is 0.250. The largest absolute Gasteiger partial charge is 0.350 e. The molecule has 0 saturated carbocycles. The molecule has 0 fully saturated rings. The molecule has 1 rings (SSSR count). The third-order valence-electron chi connectivity index (χ3n) is 1.69. The molecule has 0 aliphatic heterocycles. The molecule has 0 unspecified atom stereocenters. The molecule has 0 aromatic heterocycles. The molecule has 0 N–H and O–H groups in total. The first-order valence-electron chi connectivity index (χ1n) is 3.32. The van der Waals surface area contributed by atoms with Gasteiger partial charge in [0.2, 0.25) is 0 Å². The summed E-state index contributed by atoms with van der Waals surface area (Å²) < 4.78 is 4.37. The molecule has 57 valence electrons. The standard InChI is InChI=1S/C8H9O2Si/c1-6-4-3-5-8(7(6)2)9-10-11/h3-5H,1-2H3. The summed E-state index contributed by atoms with van der Waals surface area (Å²) in [5.74, 6) is 0.736. The van der Waals surface area contributed by atoms with Gasteiger partial charge in [-0.1, -0.05) is 12.1 Å². The van der Waals surface area contributed by atoms with Crippen LogP contribution >= 0.6 is 0 Å². The van der Waals surface area contributed by atoms with Gasteiger partial charge in [0.1, 0.15) is 0 Å². The van der Waals surface area contributed by atoms with Crippen molar-refractivity contribution in [2.24, 2.45) is 0 Å². The molecule has 0 heterocycles. The van der Waals surface area contributed by atoms with E-state index in [0.29, 0.717) is 0 Å². The Kier molecular flexibility index (Phi) is 2.68.